The number of benzene rings is 1. The van der Waals surface area contributed by atoms with Gasteiger partial charge < -0.3 is 19.9 Å². The maximum Gasteiger partial charge on any atom is 0.335 e. The zero-order chi connectivity index (χ0) is 24.5. The maximum atomic E-state index is 12.3. The number of ether oxygens (including phenoxy) is 1. The highest BCUT2D eigenvalue weighted by molar-refractivity contribution is 5.85. The minimum Gasteiger partial charge on any atom is -0.378 e. The van der Waals surface area contributed by atoms with Crippen molar-refractivity contribution in [2.45, 2.75) is 64.8 Å². The first-order valence-corrected chi connectivity index (χ1v) is 13.4. The van der Waals surface area contributed by atoms with Crippen LogP contribution >= 0.6 is 0 Å². The summed E-state index contributed by atoms with van der Waals surface area (Å²) >= 11 is 0. The lowest BCUT2D eigenvalue weighted by Crippen LogP contribution is -2.41. The van der Waals surface area contributed by atoms with E-state index in [0.717, 1.165) is 65.1 Å². The fraction of sp³-hybridized carbons (Fsp3) is 0.571. The van der Waals surface area contributed by atoms with Crippen molar-refractivity contribution in [3.05, 3.63) is 46.7 Å². The number of nitrogens with one attached hydrogen (secondary N) is 2. The van der Waals surface area contributed by atoms with Gasteiger partial charge in [-0.05, 0) is 74.4 Å². The summed E-state index contributed by atoms with van der Waals surface area (Å²) in [6.45, 7) is 9.63. The standard InChI is InChI=1S/C28H41N5O2/c1-3-32(4-2)26-14-10-22(11-15-26)20-23-12-13-24(27(23)33-16-18-35-19-17-33)21-29-31-28(34)30-25-8-6-5-7-9-25/h10-11,14-15,20-21,25H,3-9,12-13,16-19H2,1-2H3,(H2,30,31,34)/b23-20-,29-21+. The van der Waals surface area contributed by atoms with Gasteiger partial charge in [0.05, 0.1) is 19.4 Å². The van der Waals surface area contributed by atoms with Gasteiger partial charge in [-0.25, -0.2) is 10.2 Å². The average molecular weight is 480 g/mol. The molecule has 7 heteroatoms. The Morgan fingerprint density at radius 3 is 2.49 bits per heavy atom. The van der Waals surface area contributed by atoms with E-state index in [4.69, 9.17) is 4.74 Å². The summed E-state index contributed by atoms with van der Waals surface area (Å²) in [5, 5.41) is 7.38. The third-order valence-corrected chi connectivity index (χ3v) is 7.29. The van der Waals surface area contributed by atoms with E-state index < -0.39 is 0 Å². The molecule has 0 aromatic heterocycles. The van der Waals surface area contributed by atoms with Crippen LogP contribution in [0.3, 0.4) is 0 Å². The second kappa shape index (κ2) is 12.8. The molecule has 2 amide bonds. The Morgan fingerprint density at radius 2 is 1.80 bits per heavy atom. The molecule has 4 rings (SSSR count). The van der Waals surface area contributed by atoms with E-state index in [9.17, 15) is 4.79 Å². The number of rotatable bonds is 8. The first-order chi connectivity index (χ1) is 17.2. The smallest absolute Gasteiger partial charge is 0.335 e. The molecule has 1 saturated heterocycles. The Bertz CT molecular complexity index is 921. The molecule has 0 spiro atoms. The highest BCUT2D eigenvalue weighted by Crippen LogP contribution is 2.35. The van der Waals surface area contributed by atoms with Crippen molar-refractivity contribution < 1.29 is 9.53 Å². The number of amides is 2. The Morgan fingerprint density at radius 1 is 1.09 bits per heavy atom. The first-order valence-electron chi connectivity index (χ1n) is 13.4. The van der Waals surface area contributed by atoms with Crippen molar-refractivity contribution in [1.82, 2.24) is 15.6 Å². The van der Waals surface area contributed by atoms with E-state index in [1.807, 2.05) is 6.21 Å². The molecule has 3 aliphatic rings. The molecule has 1 aliphatic heterocycles. The van der Waals surface area contributed by atoms with Crippen molar-refractivity contribution in [2.75, 3.05) is 44.3 Å². The summed E-state index contributed by atoms with van der Waals surface area (Å²) in [5.74, 6) is 0. The summed E-state index contributed by atoms with van der Waals surface area (Å²) in [7, 11) is 0. The Kier molecular flexibility index (Phi) is 9.23. The van der Waals surface area contributed by atoms with E-state index in [1.54, 1.807) is 0 Å². The van der Waals surface area contributed by atoms with Crippen LogP contribution in [0.4, 0.5) is 10.5 Å². The van der Waals surface area contributed by atoms with Crippen molar-refractivity contribution >= 4 is 24.0 Å². The van der Waals surface area contributed by atoms with Gasteiger partial charge in [0.15, 0.2) is 0 Å². The zero-order valence-electron chi connectivity index (χ0n) is 21.4. The number of allylic oxidation sites excluding steroid dienone is 2. The maximum absolute atomic E-state index is 12.3. The largest absolute Gasteiger partial charge is 0.378 e. The topological polar surface area (TPSA) is 69.2 Å². The quantitative estimate of drug-likeness (QED) is 0.410. The molecule has 0 radical (unpaired) electrons. The fourth-order valence-corrected chi connectivity index (χ4v) is 5.38. The number of urea groups is 1. The van der Waals surface area contributed by atoms with Crippen LogP contribution in [0.25, 0.3) is 6.08 Å². The lowest BCUT2D eigenvalue weighted by atomic mass is 9.96. The third-order valence-electron chi connectivity index (χ3n) is 7.29. The summed E-state index contributed by atoms with van der Waals surface area (Å²) < 4.78 is 5.60. The Labute approximate surface area is 210 Å². The van der Waals surface area contributed by atoms with E-state index in [1.165, 1.54) is 47.4 Å². The van der Waals surface area contributed by atoms with E-state index in [0.29, 0.717) is 0 Å². The molecule has 190 valence electrons. The normalized spacial score (nSPS) is 20.6. The van der Waals surface area contributed by atoms with Gasteiger partial charge in [-0.3, -0.25) is 0 Å². The molecule has 1 aromatic rings. The lowest BCUT2D eigenvalue weighted by Gasteiger charge is -2.31. The molecule has 2 aliphatic carbocycles. The highest BCUT2D eigenvalue weighted by atomic mass is 16.5. The van der Waals surface area contributed by atoms with Gasteiger partial charge in [0, 0.05) is 43.6 Å². The van der Waals surface area contributed by atoms with Gasteiger partial charge in [-0.2, -0.15) is 5.10 Å². The fourth-order valence-electron chi connectivity index (χ4n) is 5.38. The van der Waals surface area contributed by atoms with Crippen LogP contribution < -0.4 is 15.6 Å². The van der Waals surface area contributed by atoms with Crippen molar-refractivity contribution in [3.63, 3.8) is 0 Å². The summed E-state index contributed by atoms with van der Waals surface area (Å²) in [5.41, 5.74) is 8.92. The zero-order valence-corrected chi connectivity index (χ0v) is 21.4. The number of carbonyl (C=O) groups is 1. The molecule has 7 nitrogen and oxygen atoms in total. The van der Waals surface area contributed by atoms with E-state index in [-0.39, 0.29) is 12.1 Å². The minimum absolute atomic E-state index is 0.205. The van der Waals surface area contributed by atoms with Crippen molar-refractivity contribution in [1.29, 1.82) is 0 Å². The second-order valence-electron chi connectivity index (χ2n) is 9.59. The number of nitrogens with zero attached hydrogens (tertiary/aromatic N) is 3. The second-order valence-corrected chi connectivity index (χ2v) is 9.59. The van der Waals surface area contributed by atoms with Gasteiger partial charge >= 0.3 is 6.03 Å². The van der Waals surface area contributed by atoms with Crippen LogP contribution in [-0.2, 0) is 4.74 Å². The van der Waals surface area contributed by atoms with Gasteiger partial charge in [0.1, 0.15) is 0 Å². The van der Waals surface area contributed by atoms with Gasteiger partial charge in [0.2, 0.25) is 0 Å². The summed E-state index contributed by atoms with van der Waals surface area (Å²) in [6, 6.07) is 8.91. The molecular formula is C28H41N5O2. The van der Waals surface area contributed by atoms with Crippen LogP contribution in [0.2, 0.25) is 0 Å². The number of hydrogen-bond acceptors (Lipinski definition) is 5. The van der Waals surface area contributed by atoms with E-state index in [2.05, 4.69) is 69.8 Å². The van der Waals surface area contributed by atoms with Crippen molar-refractivity contribution in [2.24, 2.45) is 5.10 Å². The Hall–Kier alpha value is -2.80. The monoisotopic (exact) mass is 479 g/mol. The summed E-state index contributed by atoms with van der Waals surface area (Å²) in [6.07, 6.45) is 11.8. The highest BCUT2D eigenvalue weighted by Gasteiger charge is 2.25. The van der Waals surface area contributed by atoms with Crippen molar-refractivity contribution in [3.8, 4) is 0 Å². The SMILES string of the molecule is CCN(CC)c1ccc(/C=C2/CCC(/C=N/NC(=O)NC3CCCCC3)=C2N2CCOCC2)cc1. The molecule has 0 unspecified atom stereocenters. The lowest BCUT2D eigenvalue weighted by molar-refractivity contribution is 0.0548. The average Bonchev–Trinajstić information content (AvgIpc) is 3.29. The molecule has 0 bridgehead atoms. The molecule has 1 aromatic carbocycles. The van der Waals surface area contributed by atoms with Crippen LogP contribution in [0, 0.1) is 0 Å². The number of hydrazone groups is 1. The van der Waals surface area contributed by atoms with Crippen LogP contribution in [-0.4, -0.2) is 62.6 Å². The van der Waals surface area contributed by atoms with Gasteiger partial charge in [0.25, 0.3) is 0 Å². The van der Waals surface area contributed by atoms with Gasteiger partial charge in [-0.15, -0.1) is 0 Å². The Balaban J connectivity index is 1.48. The molecule has 2 N–H and O–H groups in total. The first kappa shape index (κ1) is 25.3. The van der Waals surface area contributed by atoms with Crippen LogP contribution in [0.1, 0.15) is 64.4 Å². The molecule has 1 heterocycles. The predicted molar refractivity (Wildman–Crippen MR) is 144 cm³/mol. The van der Waals surface area contributed by atoms with Gasteiger partial charge in [-0.1, -0.05) is 31.4 Å². The minimum atomic E-state index is -0.205. The molecule has 35 heavy (non-hydrogen) atoms. The molecule has 2 fully saturated rings. The van der Waals surface area contributed by atoms with E-state index >= 15 is 0 Å². The number of hydrogen-bond donors (Lipinski definition) is 2. The van der Waals surface area contributed by atoms with Crippen LogP contribution in [0.15, 0.2) is 46.2 Å². The molecule has 0 atom stereocenters. The van der Waals surface area contributed by atoms with Crippen LogP contribution in [0.5, 0.6) is 0 Å². The predicted octanol–water partition coefficient (Wildman–Crippen LogP) is 4.91. The number of anilines is 1. The number of morpholine rings is 1. The summed E-state index contributed by atoms with van der Waals surface area (Å²) in [4.78, 5) is 17.1. The molecule has 1 saturated carbocycles. The molecular weight excluding hydrogens is 438 g/mol. The number of carbonyl (C=O) groups excluding carboxylic acids is 1. The third kappa shape index (κ3) is 6.88.